The van der Waals surface area contributed by atoms with Crippen molar-refractivity contribution in [2.45, 2.75) is 32.9 Å². The zero-order chi connectivity index (χ0) is 24.9. The van der Waals surface area contributed by atoms with Gasteiger partial charge < -0.3 is 19.7 Å². The van der Waals surface area contributed by atoms with Gasteiger partial charge >= 0.3 is 0 Å². The second-order valence-electron chi connectivity index (χ2n) is 7.77. The summed E-state index contributed by atoms with van der Waals surface area (Å²) >= 11 is 5.98. The quantitative estimate of drug-likeness (QED) is 0.528. The highest BCUT2D eigenvalue weighted by molar-refractivity contribution is 7.92. The molecule has 0 radical (unpaired) electrons. The lowest BCUT2D eigenvalue weighted by atomic mass is 10.1. The number of fused-ring (bicyclic) bond motifs is 1. The molecule has 1 atom stereocenters. The monoisotopic (exact) mass is 509 g/mol. The van der Waals surface area contributed by atoms with E-state index in [1.54, 1.807) is 50.2 Å². The highest BCUT2D eigenvalue weighted by Crippen LogP contribution is 2.36. The molecule has 1 aliphatic heterocycles. The maximum atomic E-state index is 13.5. The normalized spacial score (nSPS) is 13.3. The molecule has 0 spiro atoms. The van der Waals surface area contributed by atoms with Gasteiger partial charge in [-0.05, 0) is 43.2 Å². The van der Waals surface area contributed by atoms with Crippen molar-refractivity contribution in [1.29, 1.82) is 0 Å². The minimum atomic E-state index is -3.83. The number of rotatable bonds is 10. The third-order valence-corrected chi connectivity index (χ3v) is 6.72. The molecule has 2 aromatic carbocycles. The number of likely N-dealkylation sites (N-methyl/N-ethyl adjacent to an activating group) is 1. The van der Waals surface area contributed by atoms with Crippen LogP contribution in [0.1, 0.15) is 25.8 Å². The smallest absolute Gasteiger partial charge is 0.244 e. The van der Waals surface area contributed by atoms with Crippen LogP contribution in [0.5, 0.6) is 11.5 Å². The Labute approximate surface area is 204 Å². The zero-order valence-corrected chi connectivity index (χ0v) is 20.9. The third-order valence-electron chi connectivity index (χ3n) is 5.33. The van der Waals surface area contributed by atoms with Gasteiger partial charge in [0.15, 0.2) is 11.5 Å². The van der Waals surface area contributed by atoms with Crippen LogP contribution in [0.15, 0.2) is 42.5 Å². The molecule has 3 rings (SSSR count). The number of hydrogen-bond acceptors (Lipinski definition) is 6. The molecule has 2 aromatic rings. The Morgan fingerprint density at radius 2 is 1.76 bits per heavy atom. The molecule has 34 heavy (non-hydrogen) atoms. The van der Waals surface area contributed by atoms with Gasteiger partial charge in [0.1, 0.15) is 12.6 Å². The van der Waals surface area contributed by atoms with Crippen molar-refractivity contribution in [2.75, 3.05) is 30.4 Å². The van der Waals surface area contributed by atoms with Crippen molar-refractivity contribution in [2.24, 2.45) is 0 Å². The Morgan fingerprint density at radius 3 is 2.38 bits per heavy atom. The Hall–Kier alpha value is -2.98. The first kappa shape index (κ1) is 25.6. The number of halogens is 1. The number of sulfonamides is 1. The molecule has 0 saturated heterocycles. The minimum Gasteiger partial charge on any atom is -0.454 e. The van der Waals surface area contributed by atoms with Crippen LogP contribution in [0.3, 0.4) is 0 Å². The fourth-order valence-corrected chi connectivity index (χ4v) is 4.62. The second kappa shape index (κ2) is 11.0. The summed E-state index contributed by atoms with van der Waals surface area (Å²) < 4.78 is 36.9. The highest BCUT2D eigenvalue weighted by Gasteiger charge is 2.32. The topological polar surface area (TPSA) is 105 Å². The van der Waals surface area contributed by atoms with Gasteiger partial charge in [-0.3, -0.25) is 13.9 Å². The van der Waals surface area contributed by atoms with Crippen LogP contribution in [0.2, 0.25) is 5.02 Å². The molecule has 1 aliphatic rings. The molecule has 0 aromatic heterocycles. The van der Waals surface area contributed by atoms with Gasteiger partial charge in [0, 0.05) is 24.2 Å². The summed E-state index contributed by atoms with van der Waals surface area (Å²) in [6, 6.07) is 10.8. The van der Waals surface area contributed by atoms with Gasteiger partial charge in [-0.2, -0.15) is 0 Å². The number of anilines is 1. The number of carbonyl (C=O) groups is 2. The molecule has 2 amide bonds. The maximum Gasteiger partial charge on any atom is 0.244 e. The van der Waals surface area contributed by atoms with E-state index in [2.05, 4.69) is 5.32 Å². The molecule has 0 saturated carbocycles. The SMILES string of the molecule is CCNC(=O)C(CC)N(Cc1ccc(Cl)cc1)C(=O)CN(c1ccc2c(c1)OCO2)S(C)(=O)=O. The molecule has 0 bridgehead atoms. The van der Waals surface area contributed by atoms with Crippen LogP contribution in [0.25, 0.3) is 0 Å². The summed E-state index contributed by atoms with van der Waals surface area (Å²) in [6.07, 6.45) is 1.38. The lowest BCUT2D eigenvalue weighted by molar-refractivity contribution is -0.140. The van der Waals surface area contributed by atoms with Gasteiger partial charge in [0.2, 0.25) is 28.6 Å². The van der Waals surface area contributed by atoms with E-state index in [4.69, 9.17) is 21.1 Å². The summed E-state index contributed by atoms with van der Waals surface area (Å²) in [5.41, 5.74) is 1.02. The maximum absolute atomic E-state index is 13.5. The van der Waals surface area contributed by atoms with Gasteiger partial charge in [0.05, 0.1) is 11.9 Å². The number of nitrogens with zero attached hydrogens (tertiary/aromatic N) is 2. The van der Waals surface area contributed by atoms with E-state index < -0.39 is 28.5 Å². The summed E-state index contributed by atoms with van der Waals surface area (Å²) in [7, 11) is -3.83. The lowest BCUT2D eigenvalue weighted by Gasteiger charge is -2.32. The van der Waals surface area contributed by atoms with Crippen LogP contribution in [-0.4, -0.2) is 57.3 Å². The van der Waals surface area contributed by atoms with Gasteiger partial charge in [-0.25, -0.2) is 8.42 Å². The Kier molecular flexibility index (Phi) is 8.27. The van der Waals surface area contributed by atoms with Crippen LogP contribution in [-0.2, 0) is 26.2 Å². The zero-order valence-electron chi connectivity index (χ0n) is 19.3. The minimum absolute atomic E-state index is 0.0379. The predicted molar refractivity (Wildman–Crippen MR) is 130 cm³/mol. The number of carbonyl (C=O) groups excluding carboxylic acids is 2. The number of ether oxygens (including phenoxy) is 2. The molecule has 184 valence electrons. The van der Waals surface area contributed by atoms with Crippen molar-refractivity contribution in [3.8, 4) is 11.5 Å². The van der Waals surface area contributed by atoms with Crippen molar-refractivity contribution in [3.05, 3.63) is 53.1 Å². The molecule has 11 heteroatoms. The molecule has 1 heterocycles. The van der Waals surface area contributed by atoms with Crippen molar-refractivity contribution in [3.63, 3.8) is 0 Å². The third kappa shape index (κ3) is 6.12. The van der Waals surface area contributed by atoms with Crippen molar-refractivity contribution < 1.29 is 27.5 Å². The summed E-state index contributed by atoms with van der Waals surface area (Å²) in [4.78, 5) is 27.7. The van der Waals surface area contributed by atoms with Crippen LogP contribution < -0.4 is 19.1 Å². The standard InChI is InChI=1S/C23H28ClN3O6S/c1-4-19(23(29)25-5-2)26(13-16-6-8-17(24)9-7-16)22(28)14-27(34(3,30)31)18-10-11-20-21(12-18)33-15-32-20/h6-12,19H,4-5,13-15H2,1-3H3,(H,25,29). The van der Waals surface area contributed by atoms with Crippen LogP contribution in [0.4, 0.5) is 5.69 Å². The second-order valence-corrected chi connectivity index (χ2v) is 10.1. The van der Waals surface area contributed by atoms with Crippen molar-refractivity contribution in [1.82, 2.24) is 10.2 Å². The summed E-state index contributed by atoms with van der Waals surface area (Å²) in [6.45, 7) is 3.67. The van der Waals surface area contributed by atoms with E-state index in [-0.39, 0.29) is 24.9 Å². The predicted octanol–water partition coefficient (Wildman–Crippen LogP) is 2.78. The molecule has 0 fully saturated rings. The fraction of sp³-hybridized carbons (Fsp3) is 0.391. The van der Waals surface area contributed by atoms with Crippen LogP contribution >= 0.6 is 11.6 Å². The molecule has 1 N–H and O–H groups in total. The molecule has 0 aliphatic carbocycles. The largest absolute Gasteiger partial charge is 0.454 e. The number of benzene rings is 2. The van der Waals surface area contributed by atoms with Gasteiger partial charge in [0.25, 0.3) is 0 Å². The van der Waals surface area contributed by atoms with Gasteiger partial charge in [-0.1, -0.05) is 30.7 Å². The number of nitrogens with one attached hydrogen (secondary N) is 1. The first-order chi connectivity index (χ1) is 16.1. The first-order valence-electron chi connectivity index (χ1n) is 10.8. The fourth-order valence-electron chi connectivity index (χ4n) is 3.65. The summed E-state index contributed by atoms with van der Waals surface area (Å²) in [5.74, 6) is 0.0676. The van der Waals surface area contributed by atoms with E-state index in [1.807, 2.05) is 0 Å². The average Bonchev–Trinajstić information content (AvgIpc) is 3.26. The molecular formula is C23H28ClN3O6S. The number of amides is 2. The molecule has 9 nitrogen and oxygen atoms in total. The highest BCUT2D eigenvalue weighted by atomic mass is 35.5. The van der Waals surface area contributed by atoms with E-state index in [1.165, 1.54) is 11.0 Å². The molecule has 1 unspecified atom stereocenters. The lowest BCUT2D eigenvalue weighted by Crippen LogP contribution is -2.52. The van der Waals surface area contributed by atoms with E-state index in [9.17, 15) is 18.0 Å². The Balaban J connectivity index is 1.93. The molecular weight excluding hydrogens is 482 g/mol. The first-order valence-corrected chi connectivity index (χ1v) is 13.1. The van der Waals surface area contributed by atoms with Gasteiger partial charge in [-0.15, -0.1) is 0 Å². The Bertz CT molecular complexity index is 1140. The van der Waals surface area contributed by atoms with Crippen molar-refractivity contribution >= 4 is 39.1 Å². The van der Waals surface area contributed by atoms with E-state index in [0.717, 1.165) is 16.1 Å². The summed E-state index contributed by atoms with van der Waals surface area (Å²) in [5, 5.41) is 3.30. The van der Waals surface area contributed by atoms with Crippen LogP contribution in [0, 0.1) is 0 Å². The average molecular weight is 510 g/mol. The van der Waals surface area contributed by atoms with E-state index >= 15 is 0 Å². The van der Waals surface area contributed by atoms with E-state index in [0.29, 0.717) is 29.5 Å². The number of hydrogen-bond donors (Lipinski definition) is 1. The Morgan fingerprint density at radius 1 is 1.09 bits per heavy atom.